The molecular weight excluding hydrogens is 322 g/mol. The van der Waals surface area contributed by atoms with Crippen LogP contribution in [-0.4, -0.2) is 26.2 Å². The fourth-order valence-corrected chi connectivity index (χ4v) is 1.96. The lowest BCUT2D eigenvalue weighted by Gasteiger charge is -2.07. The molecule has 0 atom stereocenters. The van der Waals surface area contributed by atoms with E-state index in [-0.39, 0.29) is 5.57 Å². The van der Waals surface area contributed by atoms with Crippen molar-refractivity contribution in [3.63, 3.8) is 0 Å². The van der Waals surface area contributed by atoms with Crippen LogP contribution in [0.1, 0.15) is 15.9 Å². The number of hydrogen-bond acceptors (Lipinski definition) is 6. The summed E-state index contributed by atoms with van der Waals surface area (Å²) >= 11 is 0. The summed E-state index contributed by atoms with van der Waals surface area (Å²) in [7, 11) is 2.54. The summed E-state index contributed by atoms with van der Waals surface area (Å²) in [6, 6.07) is 15.1. The first-order valence-electron chi connectivity index (χ1n) is 7.23. The van der Waals surface area contributed by atoms with E-state index in [4.69, 9.17) is 10.00 Å². The standard InChI is InChI=1S/C19H15NO5/c1-23-18(21)14-5-9-17(10-6-14)25-16-7-3-13(4-8-16)11-15(12-20)19(22)24-2/h3-11H,1-2H3. The number of nitrogens with zero attached hydrogens (tertiary/aromatic N) is 1. The van der Waals surface area contributed by atoms with Crippen molar-refractivity contribution in [3.8, 4) is 17.6 Å². The van der Waals surface area contributed by atoms with E-state index in [0.717, 1.165) is 0 Å². The molecule has 6 heteroatoms. The molecule has 0 aliphatic carbocycles. The highest BCUT2D eigenvalue weighted by Crippen LogP contribution is 2.23. The Morgan fingerprint density at radius 3 is 1.96 bits per heavy atom. The maximum atomic E-state index is 11.4. The van der Waals surface area contributed by atoms with Gasteiger partial charge < -0.3 is 14.2 Å². The molecule has 6 nitrogen and oxygen atoms in total. The highest BCUT2D eigenvalue weighted by Gasteiger charge is 2.08. The first kappa shape index (κ1) is 17.8. The van der Waals surface area contributed by atoms with Gasteiger partial charge in [-0.25, -0.2) is 9.59 Å². The van der Waals surface area contributed by atoms with Gasteiger partial charge >= 0.3 is 11.9 Å². The number of carbonyl (C=O) groups is 2. The molecule has 126 valence electrons. The monoisotopic (exact) mass is 337 g/mol. The number of carbonyl (C=O) groups excluding carboxylic acids is 2. The topological polar surface area (TPSA) is 85.6 Å². The lowest BCUT2D eigenvalue weighted by molar-refractivity contribution is -0.135. The van der Waals surface area contributed by atoms with Crippen molar-refractivity contribution >= 4 is 18.0 Å². The summed E-state index contributed by atoms with van der Waals surface area (Å²) in [6.07, 6.45) is 1.43. The third kappa shape index (κ3) is 4.69. The SMILES string of the molecule is COC(=O)C(C#N)=Cc1ccc(Oc2ccc(C(=O)OC)cc2)cc1. The lowest BCUT2D eigenvalue weighted by Crippen LogP contribution is -2.02. The zero-order valence-corrected chi connectivity index (χ0v) is 13.7. The van der Waals surface area contributed by atoms with Crippen molar-refractivity contribution in [3.05, 3.63) is 65.2 Å². The molecule has 0 unspecified atom stereocenters. The number of rotatable bonds is 5. The van der Waals surface area contributed by atoms with E-state index in [1.165, 1.54) is 20.3 Å². The van der Waals surface area contributed by atoms with Crippen LogP contribution >= 0.6 is 0 Å². The molecular formula is C19H15NO5. The number of methoxy groups -OCH3 is 2. The molecule has 0 spiro atoms. The molecule has 0 aliphatic heterocycles. The maximum absolute atomic E-state index is 11.4. The second-order valence-electron chi connectivity index (χ2n) is 4.85. The lowest BCUT2D eigenvalue weighted by atomic mass is 10.1. The highest BCUT2D eigenvalue weighted by molar-refractivity contribution is 5.97. The zero-order chi connectivity index (χ0) is 18.2. The molecule has 0 bridgehead atoms. The Morgan fingerprint density at radius 2 is 1.48 bits per heavy atom. The molecule has 0 aliphatic rings. The number of benzene rings is 2. The summed E-state index contributed by atoms with van der Waals surface area (Å²) in [5.41, 5.74) is 1.01. The van der Waals surface area contributed by atoms with Crippen molar-refractivity contribution < 1.29 is 23.8 Å². The van der Waals surface area contributed by atoms with E-state index in [0.29, 0.717) is 22.6 Å². The minimum Gasteiger partial charge on any atom is -0.465 e. The Balaban J connectivity index is 2.10. The van der Waals surface area contributed by atoms with E-state index >= 15 is 0 Å². The van der Waals surface area contributed by atoms with Crippen LogP contribution in [0.2, 0.25) is 0 Å². The molecule has 0 amide bonds. The highest BCUT2D eigenvalue weighted by atomic mass is 16.5. The second-order valence-corrected chi connectivity index (χ2v) is 4.85. The van der Waals surface area contributed by atoms with E-state index in [1.807, 2.05) is 0 Å². The van der Waals surface area contributed by atoms with Crippen LogP contribution in [0.3, 0.4) is 0 Å². The Labute approximate surface area is 144 Å². The number of hydrogen-bond donors (Lipinski definition) is 0. The van der Waals surface area contributed by atoms with Crippen molar-refractivity contribution in [2.75, 3.05) is 14.2 Å². The van der Waals surface area contributed by atoms with E-state index < -0.39 is 11.9 Å². The van der Waals surface area contributed by atoms with Gasteiger partial charge in [-0.15, -0.1) is 0 Å². The van der Waals surface area contributed by atoms with Gasteiger partial charge in [0.2, 0.25) is 0 Å². The fraction of sp³-hybridized carbons (Fsp3) is 0.105. The van der Waals surface area contributed by atoms with Gasteiger partial charge in [0.25, 0.3) is 0 Å². The van der Waals surface area contributed by atoms with E-state index in [1.54, 1.807) is 54.6 Å². The minimum atomic E-state index is -0.687. The predicted molar refractivity (Wildman–Crippen MR) is 89.9 cm³/mol. The number of esters is 2. The maximum Gasteiger partial charge on any atom is 0.348 e. The van der Waals surface area contributed by atoms with Crippen LogP contribution in [-0.2, 0) is 14.3 Å². The molecule has 2 rings (SSSR count). The normalized spacial score (nSPS) is 10.5. The third-order valence-corrected chi connectivity index (χ3v) is 3.23. The summed E-state index contributed by atoms with van der Waals surface area (Å²) < 4.78 is 14.8. The average molecular weight is 337 g/mol. The minimum absolute atomic E-state index is 0.0884. The van der Waals surface area contributed by atoms with Crippen LogP contribution in [0, 0.1) is 11.3 Å². The molecule has 0 N–H and O–H groups in total. The molecule has 0 saturated carbocycles. The Bertz CT molecular complexity index is 830. The van der Waals surface area contributed by atoms with Crippen LogP contribution in [0.4, 0.5) is 0 Å². The van der Waals surface area contributed by atoms with Crippen LogP contribution in [0.25, 0.3) is 6.08 Å². The average Bonchev–Trinajstić information content (AvgIpc) is 2.66. The first-order chi connectivity index (χ1) is 12.1. The first-order valence-corrected chi connectivity index (χ1v) is 7.23. The number of nitriles is 1. The Hall–Kier alpha value is -3.59. The van der Waals surface area contributed by atoms with Crippen LogP contribution < -0.4 is 4.74 Å². The Morgan fingerprint density at radius 1 is 0.920 bits per heavy atom. The molecule has 25 heavy (non-hydrogen) atoms. The van der Waals surface area contributed by atoms with Gasteiger partial charge in [-0.2, -0.15) is 5.26 Å². The third-order valence-electron chi connectivity index (χ3n) is 3.23. The molecule has 0 radical (unpaired) electrons. The summed E-state index contributed by atoms with van der Waals surface area (Å²) in [5, 5.41) is 8.94. The molecule has 0 heterocycles. The van der Waals surface area contributed by atoms with Gasteiger partial charge in [-0.3, -0.25) is 0 Å². The van der Waals surface area contributed by atoms with Crippen molar-refractivity contribution in [2.45, 2.75) is 0 Å². The van der Waals surface area contributed by atoms with Crippen molar-refractivity contribution in [1.29, 1.82) is 5.26 Å². The summed E-state index contributed by atoms with van der Waals surface area (Å²) in [6.45, 7) is 0. The summed E-state index contributed by atoms with van der Waals surface area (Å²) in [5.74, 6) is 0.0258. The van der Waals surface area contributed by atoms with Gasteiger partial charge in [0.1, 0.15) is 23.1 Å². The van der Waals surface area contributed by atoms with Crippen LogP contribution in [0.5, 0.6) is 11.5 Å². The largest absolute Gasteiger partial charge is 0.465 e. The van der Waals surface area contributed by atoms with Gasteiger partial charge in [-0.1, -0.05) is 12.1 Å². The van der Waals surface area contributed by atoms with E-state index in [2.05, 4.69) is 9.47 Å². The predicted octanol–water partition coefficient (Wildman–Crippen LogP) is 3.35. The van der Waals surface area contributed by atoms with Gasteiger partial charge in [0, 0.05) is 0 Å². The zero-order valence-electron chi connectivity index (χ0n) is 13.7. The van der Waals surface area contributed by atoms with Crippen molar-refractivity contribution in [1.82, 2.24) is 0 Å². The fourth-order valence-electron chi connectivity index (χ4n) is 1.96. The summed E-state index contributed by atoms with van der Waals surface area (Å²) in [4.78, 5) is 22.8. The van der Waals surface area contributed by atoms with Crippen molar-refractivity contribution in [2.24, 2.45) is 0 Å². The molecule has 2 aromatic carbocycles. The van der Waals surface area contributed by atoms with Crippen LogP contribution in [0.15, 0.2) is 54.1 Å². The molecule has 0 saturated heterocycles. The quantitative estimate of drug-likeness (QED) is 0.472. The van der Waals surface area contributed by atoms with Gasteiger partial charge in [-0.05, 0) is 48.0 Å². The van der Waals surface area contributed by atoms with E-state index in [9.17, 15) is 9.59 Å². The molecule has 0 fully saturated rings. The van der Waals surface area contributed by atoms with Gasteiger partial charge in [0.15, 0.2) is 0 Å². The molecule has 2 aromatic rings. The molecule has 0 aromatic heterocycles. The van der Waals surface area contributed by atoms with Gasteiger partial charge in [0.05, 0.1) is 19.8 Å². The second kappa shape index (κ2) is 8.31. The smallest absolute Gasteiger partial charge is 0.348 e. The number of ether oxygens (including phenoxy) is 3. The Kier molecular flexibility index (Phi) is 5.91.